The van der Waals surface area contributed by atoms with Crippen molar-refractivity contribution in [3.8, 4) is 11.6 Å². The Kier molecular flexibility index (Phi) is 9.28. The number of fused-ring (bicyclic) bond motifs is 5. The number of rotatable bonds is 4. The lowest BCUT2D eigenvalue weighted by Crippen LogP contribution is -2.45. The fraction of sp³-hybridized carbons (Fsp3) is 0.448. The van der Waals surface area contributed by atoms with Crippen LogP contribution in [0.15, 0.2) is 53.0 Å². The van der Waals surface area contributed by atoms with Crippen LogP contribution in [0.2, 0.25) is 0 Å². The average Bonchev–Trinajstić information content (AvgIpc) is 3.40. The Morgan fingerprint density at radius 2 is 1.73 bits per heavy atom. The van der Waals surface area contributed by atoms with E-state index in [4.69, 9.17) is 13.9 Å². The molecule has 1 aromatic carbocycles. The van der Waals surface area contributed by atoms with Crippen molar-refractivity contribution in [2.24, 2.45) is 0 Å². The molecule has 0 radical (unpaired) electrons. The van der Waals surface area contributed by atoms with Gasteiger partial charge in [-0.15, -0.1) is 10.2 Å². The number of aromatic nitrogens is 3. The fourth-order valence-electron chi connectivity index (χ4n) is 4.42. The topological polar surface area (TPSA) is 103 Å². The average molecular weight is 628 g/mol. The first-order valence-corrected chi connectivity index (χ1v) is 13.6. The number of carbonyl (C=O) groups excluding carboxylic acids is 1. The number of pyridine rings is 1. The molecule has 1 unspecified atom stereocenters. The molecule has 44 heavy (non-hydrogen) atoms. The molecule has 3 heterocycles. The molecular weight excluding hydrogens is 596 g/mol. The number of anilines is 2. The number of alkyl halides is 6. The van der Waals surface area contributed by atoms with Gasteiger partial charge in [0, 0.05) is 13.6 Å². The summed E-state index contributed by atoms with van der Waals surface area (Å²) in [4.78, 5) is 17.9. The van der Waals surface area contributed by atoms with Gasteiger partial charge < -0.3 is 18.8 Å². The van der Waals surface area contributed by atoms with Crippen LogP contribution in [0.25, 0.3) is 11.6 Å². The third-order valence-corrected chi connectivity index (χ3v) is 6.52. The quantitative estimate of drug-likeness (QED) is 0.233. The van der Waals surface area contributed by atoms with Crippen LogP contribution < -0.4 is 10.2 Å². The normalized spacial score (nSPS) is 18.8. The van der Waals surface area contributed by atoms with E-state index in [0.29, 0.717) is 11.6 Å². The standard InChI is InChI=1S/C29H31F6N5O4/c1-26(2,3)44-25(41)36-20-16-19(28(30,31)32)22-37-21(20)23-38-39-24(43-23)27(29(33,34)35,14-10-5-6-11-15-40(22)4)42-17-18-12-8-7-9-13-18/h5-9,12-13,16H,10-11,14-15,17H2,1-4H3,(H,36,41)/b6-5-. The number of carbonyl (C=O) groups is 1. The van der Waals surface area contributed by atoms with Crippen LogP contribution in [0.5, 0.6) is 0 Å². The smallest absolute Gasteiger partial charge is 0.426 e. The van der Waals surface area contributed by atoms with Gasteiger partial charge in [-0.05, 0) is 51.7 Å². The highest BCUT2D eigenvalue weighted by Crippen LogP contribution is 2.47. The minimum absolute atomic E-state index is 0.0366. The number of nitrogens with one attached hydrogen (secondary N) is 1. The van der Waals surface area contributed by atoms with Gasteiger partial charge in [0.05, 0.1) is 12.3 Å². The van der Waals surface area contributed by atoms with E-state index in [2.05, 4.69) is 20.5 Å². The Labute approximate surface area is 249 Å². The Balaban J connectivity index is 1.91. The Hall–Kier alpha value is -4.14. The SMILES string of the molecule is CN1CC/C=C\CCC(OCc2ccccc2)(C(F)(F)F)c2nnc(o2)-c2nc1c(C(F)(F)F)cc2NC(=O)OC(C)(C)C. The highest BCUT2D eigenvalue weighted by molar-refractivity contribution is 5.90. The molecule has 1 atom stereocenters. The highest BCUT2D eigenvalue weighted by atomic mass is 19.4. The van der Waals surface area contributed by atoms with Crippen LogP contribution in [0.3, 0.4) is 0 Å². The number of hydrogen-bond donors (Lipinski definition) is 1. The van der Waals surface area contributed by atoms with Crippen molar-refractivity contribution in [3.05, 3.63) is 65.6 Å². The number of hydrogen-bond acceptors (Lipinski definition) is 8. The van der Waals surface area contributed by atoms with Gasteiger partial charge in [-0.1, -0.05) is 42.5 Å². The zero-order valence-electron chi connectivity index (χ0n) is 24.3. The minimum atomic E-state index is -5.05. The number of nitrogens with zero attached hydrogens (tertiary/aromatic N) is 4. The van der Waals surface area contributed by atoms with Crippen LogP contribution in [0.1, 0.15) is 57.1 Å². The molecule has 4 bridgehead atoms. The van der Waals surface area contributed by atoms with Gasteiger partial charge in [0.2, 0.25) is 5.60 Å². The van der Waals surface area contributed by atoms with Gasteiger partial charge in [-0.2, -0.15) is 26.3 Å². The summed E-state index contributed by atoms with van der Waals surface area (Å²) >= 11 is 0. The van der Waals surface area contributed by atoms with Crippen molar-refractivity contribution in [2.45, 2.75) is 70.2 Å². The van der Waals surface area contributed by atoms with Crippen molar-refractivity contribution < 1.29 is 45.0 Å². The van der Waals surface area contributed by atoms with E-state index < -0.39 is 77.2 Å². The molecular formula is C29H31F6N5O4. The van der Waals surface area contributed by atoms with E-state index in [1.165, 1.54) is 18.0 Å². The van der Waals surface area contributed by atoms with E-state index in [1.54, 1.807) is 57.2 Å². The summed E-state index contributed by atoms with van der Waals surface area (Å²) in [5, 5.41) is 9.60. The van der Waals surface area contributed by atoms with Gasteiger partial charge in [0.25, 0.3) is 11.8 Å². The first kappa shape index (κ1) is 32.8. The molecule has 0 saturated carbocycles. The number of halogens is 6. The number of ether oxygens (including phenoxy) is 2. The third-order valence-electron chi connectivity index (χ3n) is 6.52. The van der Waals surface area contributed by atoms with Gasteiger partial charge in [0.1, 0.15) is 17.0 Å². The summed E-state index contributed by atoms with van der Waals surface area (Å²) < 4.78 is 104. The maximum Gasteiger partial charge on any atom is 0.426 e. The summed E-state index contributed by atoms with van der Waals surface area (Å²) in [5.74, 6) is -2.20. The third kappa shape index (κ3) is 7.49. The summed E-state index contributed by atoms with van der Waals surface area (Å²) in [5.41, 5.74) is -5.91. The Bertz CT molecular complexity index is 1480. The molecule has 9 nitrogen and oxygen atoms in total. The van der Waals surface area contributed by atoms with E-state index in [0.717, 1.165) is 0 Å². The van der Waals surface area contributed by atoms with Crippen LogP contribution in [0, 0.1) is 0 Å². The van der Waals surface area contributed by atoms with E-state index in [-0.39, 0.29) is 19.4 Å². The molecule has 1 N–H and O–H groups in total. The summed E-state index contributed by atoms with van der Waals surface area (Å²) in [7, 11) is 1.38. The van der Waals surface area contributed by atoms with Crippen molar-refractivity contribution in [2.75, 3.05) is 23.8 Å². The van der Waals surface area contributed by atoms with Crippen LogP contribution >= 0.6 is 0 Å². The summed E-state index contributed by atoms with van der Waals surface area (Å²) in [6, 6.07) is 8.77. The van der Waals surface area contributed by atoms with Gasteiger partial charge in [-0.25, -0.2) is 9.78 Å². The lowest BCUT2D eigenvalue weighted by Gasteiger charge is -2.32. The Morgan fingerprint density at radius 1 is 1.05 bits per heavy atom. The maximum absolute atomic E-state index is 14.9. The van der Waals surface area contributed by atoms with Crippen molar-refractivity contribution in [1.82, 2.24) is 15.2 Å². The lowest BCUT2D eigenvalue weighted by atomic mass is 9.95. The number of allylic oxidation sites excluding steroid dienone is 1. The summed E-state index contributed by atoms with van der Waals surface area (Å²) in [6.07, 6.45) is -8.61. The highest BCUT2D eigenvalue weighted by Gasteiger charge is 2.61. The van der Waals surface area contributed by atoms with Crippen molar-refractivity contribution >= 4 is 17.6 Å². The molecule has 0 spiro atoms. The molecule has 0 fully saturated rings. The largest absolute Gasteiger partial charge is 0.444 e. The maximum atomic E-state index is 14.9. The molecule has 0 saturated heterocycles. The molecule has 1 aliphatic rings. The minimum Gasteiger partial charge on any atom is -0.444 e. The van der Waals surface area contributed by atoms with Gasteiger partial charge in [0.15, 0.2) is 5.69 Å². The van der Waals surface area contributed by atoms with Crippen molar-refractivity contribution in [3.63, 3.8) is 0 Å². The molecule has 2 aromatic heterocycles. The van der Waals surface area contributed by atoms with Crippen LogP contribution in [-0.4, -0.2) is 46.6 Å². The molecule has 4 rings (SSSR count). The van der Waals surface area contributed by atoms with E-state index in [1.807, 2.05) is 0 Å². The van der Waals surface area contributed by atoms with Crippen LogP contribution in [0.4, 0.5) is 42.6 Å². The zero-order valence-corrected chi connectivity index (χ0v) is 24.3. The second-order valence-corrected chi connectivity index (χ2v) is 11.1. The molecule has 238 valence electrons. The van der Waals surface area contributed by atoms with E-state index in [9.17, 15) is 31.1 Å². The van der Waals surface area contributed by atoms with Gasteiger partial charge in [-0.3, -0.25) is 5.32 Å². The Morgan fingerprint density at radius 3 is 2.36 bits per heavy atom. The van der Waals surface area contributed by atoms with Crippen molar-refractivity contribution in [1.29, 1.82) is 0 Å². The molecule has 3 aromatic rings. The first-order valence-electron chi connectivity index (χ1n) is 13.6. The monoisotopic (exact) mass is 627 g/mol. The predicted molar refractivity (Wildman–Crippen MR) is 148 cm³/mol. The van der Waals surface area contributed by atoms with Crippen LogP contribution in [-0.2, 0) is 27.9 Å². The van der Waals surface area contributed by atoms with Gasteiger partial charge >= 0.3 is 18.4 Å². The second kappa shape index (κ2) is 12.5. The molecule has 1 aliphatic heterocycles. The first-order chi connectivity index (χ1) is 20.5. The fourth-order valence-corrected chi connectivity index (χ4v) is 4.42. The lowest BCUT2D eigenvalue weighted by molar-refractivity contribution is -0.299. The van der Waals surface area contributed by atoms with E-state index >= 15 is 0 Å². The second-order valence-electron chi connectivity index (χ2n) is 11.1. The predicted octanol–water partition coefficient (Wildman–Crippen LogP) is 7.65. The molecule has 15 heteroatoms. The zero-order chi connectivity index (χ0) is 32.3. The number of amides is 1. The molecule has 0 aliphatic carbocycles. The molecule has 1 amide bonds. The number of benzene rings is 1. The summed E-state index contributed by atoms with van der Waals surface area (Å²) in [6.45, 7) is 4.20.